The van der Waals surface area contributed by atoms with Crippen LogP contribution in [0.5, 0.6) is 0 Å². The summed E-state index contributed by atoms with van der Waals surface area (Å²) >= 11 is 0. The number of carbonyl (C=O) groups is 1. The third kappa shape index (κ3) is 3.66. The maximum atomic E-state index is 11.9. The fraction of sp³-hybridized carbons (Fsp3) is 0.158. The van der Waals surface area contributed by atoms with E-state index in [1.54, 1.807) is 6.21 Å². The number of benzene rings is 2. The van der Waals surface area contributed by atoms with Crippen molar-refractivity contribution in [3.8, 4) is 0 Å². The number of carbonyl (C=O) groups excluding carboxylic acids is 1. The molecule has 0 fully saturated rings. The van der Waals surface area contributed by atoms with Gasteiger partial charge in [-0.15, -0.1) is 0 Å². The van der Waals surface area contributed by atoms with Crippen molar-refractivity contribution in [1.82, 2.24) is 10.4 Å². The maximum Gasteiger partial charge on any atom is 0.244 e. The lowest BCUT2D eigenvalue weighted by atomic mass is 10.1. The van der Waals surface area contributed by atoms with Crippen LogP contribution in [0.4, 0.5) is 0 Å². The molecule has 0 saturated carbocycles. The molecule has 23 heavy (non-hydrogen) atoms. The molecule has 2 N–H and O–H groups in total. The van der Waals surface area contributed by atoms with Crippen molar-refractivity contribution in [2.75, 3.05) is 0 Å². The lowest BCUT2D eigenvalue weighted by molar-refractivity contribution is -0.120. The summed E-state index contributed by atoms with van der Waals surface area (Å²) in [5.74, 6) is -0.120. The van der Waals surface area contributed by atoms with Gasteiger partial charge >= 0.3 is 0 Å². The second-order valence-corrected chi connectivity index (χ2v) is 5.43. The average molecular weight is 305 g/mol. The summed E-state index contributed by atoms with van der Waals surface area (Å²) < 4.78 is 0. The molecule has 1 aromatic heterocycles. The minimum absolute atomic E-state index is 0.120. The van der Waals surface area contributed by atoms with Crippen LogP contribution < -0.4 is 5.43 Å². The minimum atomic E-state index is -0.120. The van der Waals surface area contributed by atoms with Crippen LogP contribution in [-0.2, 0) is 17.6 Å². The molecule has 1 heterocycles. The third-order valence-electron chi connectivity index (χ3n) is 3.81. The Balaban J connectivity index is 1.59. The summed E-state index contributed by atoms with van der Waals surface area (Å²) in [5, 5.41) is 5.13. The third-order valence-corrected chi connectivity index (χ3v) is 3.81. The van der Waals surface area contributed by atoms with E-state index in [-0.39, 0.29) is 5.91 Å². The van der Waals surface area contributed by atoms with E-state index < -0.39 is 0 Å². The zero-order valence-electron chi connectivity index (χ0n) is 13.0. The minimum Gasteiger partial charge on any atom is -0.361 e. The molecule has 0 bridgehead atoms. The molecule has 0 radical (unpaired) electrons. The van der Waals surface area contributed by atoms with Crippen molar-refractivity contribution < 1.29 is 4.79 Å². The van der Waals surface area contributed by atoms with Crippen LogP contribution in [0.1, 0.15) is 23.6 Å². The number of amides is 1. The molecule has 2 aromatic carbocycles. The smallest absolute Gasteiger partial charge is 0.244 e. The van der Waals surface area contributed by atoms with Gasteiger partial charge in [-0.05, 0) is 23.6 Å². The van der Waals surface area contributed by atoms with E-state index in [1.807, 2.05) is 42.6 Å². The molecule has 0 aliphatic carbocycles. The van der Waals surface area contributed by atoms with Crippen molar-refractivity contribution in [2.24, 2.45) is 5.10 Å². The number of hydrogen-bond acceptors (Lipinski definition) is 2. The van der Waals surface area contributed by atoms with Crippen LogP contribution in [0.25, 0.3) is 10.9 Å². The highest BCUT2D eigenvalue weighted by Crippen LogP contribution is 2.15. The van der Waals surface area contributed by atoms with Crippen LogP contribution in [0.2, 0.25) is 0 Å². The normalized spacial score (nSPS) is 11.2. The first kappa shape index (κ1) is 15.0. The van der Waals surface area contributed by atoms with Crippen LogP contribution in [-0.4, -0.2) is 17.1 Å². The highest BCUT2D eigenvalue weighted by molar-refractivity contribution is 5.99. The number of nitrogens with zero attached hydrogens (tertiary/aromatic N) is 1. The predicted octanol–water partition coefficient (Wildman–Crippen LogP) is 3.42. The molecule has 4 heteroatoms. The molecular formula is C19H19N3O. The number of hydrogen-bond donors (Lipinski definition) is 2. The van der Waals surface area contributed by atoms with E-state index in [4.69, 9.17) is 0 Å². The van der Waals surface area contributed by atoms with Crippen LogP contribution >= 0.6 is 0 Å². The largest absolute Gasteiger partial charge is 0.361 e. The molecule has 0 atom stereocenters. The first-order valence-electron chi connectivity index (χ1n) is 7.72. The Morgan fingerprint density at radius 1 is 1.13 bits per heavy atom. The Kier molecular flexibility index (Phi) is 4.52. The number of aryl methyl sites for hydroxylation is 1. The van der Waals surface area contributed by atoms with Crippen molar-refractivity contribution in [2.45, 2.75) is 19.8 Å². The maximum absolute atomic E-state index is 11.9. The summed E-state index contributed by atoms with van der Waals surface area (Å²) in [6, 6.07) is 16.1. The highest BCUT2D eigenvalue weighted by Gasteiger charge is 2.03. The van der Waals surface area contributed by atoms with Crippen LogP contribution in [0.15, 0.2) is 59.8 Å². The molecule has 0 spiro atoms. The second-order valence-electron chi connectivity index (χ2n) is 5.43. The van der Waals surface area contributed by atoms with Gasteiger partial charge in [0.2, 0.25) is 5.91 Å². The van der Waals surface area contributed by atoms with Crippen molar-refractivity contribution >= 4 is 23.0 Å². The van der Waals surface area contributed by atoms with Gasteiger partial charge in [0, 0.05) is 22.7 Å². The standard InChI is InChI=1S/C19H19N3O/c1-2-14-7-9-15(10-8-14)11-19(23)22-21-13-16-12-20-18-6-4-3-5-17(16)18/h3-10,12-13,20H,2,11H2,1H3,(H,22,23)/b21-13-. The molecule has 0 saturated heterocycles. The number of aromatic nitrogens is 1. The predicted molar refractivity (Wildman–Crippen MR) is 93.6 cm³/mol. The van der Waals surface area contributed by atoms with E-state index in [0.29, 0.717) is 6.42 Å². The Morgan fingerprint density at radius 3 is 2.65 bits per heavy atom. The van der Waals surface area contributed by atoms with Crippen LogP contribution in [0.3, 0.4) is 0 Å². The molecule has 3 aromatic rings. The van der Waals surface area contributed by atoms with Crippen molar-refractivity contribution in [3.05, 3.63) is 71.4 Å². The van der Waals surface area contributed by atoms with Gasteiger partial charge in [0.25, 0.3) is 0 Å². The zero-order chi connectivity index (χ0) is 16.1. The molecule has 0 aliphatic rings. The van der Waals surface area contributed by atoms with Crippen LogP contribution in [0, 0.1) is 0 Å². The molecule has 3 rings (SSSR count). The zero-order valence-corrected chi connectivity index (χ0v) is 13.0. The van der Waals surface area contributed by atoms with Gasteiger partial charge < -0.3 is 4.98 Å². The Labute approximate surface area is 135 Å². The lowest BCUT2D eigenvalue weighted by Crippen LogP contribution is -2.19. The summed E-state index contributed by atoms with van der Waals surface area (Å²) in [6.07, 6.45) is 4.87. The summed E-state index contributed by atoms with van der Waals surface area (Å²) in [6.45, 7) is 2.11. The molecule has 0 unspecified atom stereocenters. The molecular weight excluding hydrogens is 286 g/mol. The number of H-pyrrole nitrogens is 1. The first-order chi connectivity index (χ1) is 11.3. The topological polar surface area (TPSA) is 57.2 Å². The number of nitrogens with one attached hydrogen (secondary N) is 2. The monoisotopic (exact) mass is 305 g/mol. The number of aromatic amines is 1. The van der Waals surface area contributed by atoms with Gasteiger partial charge in [0.1, 0.15) is 0 Å². The summed E-state index contributed by atoms with van der Waals surface area (Å²) in [4.78, 5) is 15.1. The SMILES string of the molecule is CCc1ccc(CC(=O)N/N=C\c2c[nH]c3ccccc23)cc1. The van der Waals surface area contributed by atoms with E-state index in [9.17, 15) is 4.79 Å². The fourth-order valence-electron chi connectivity index (χ4n) is 2.49. The fourth-order valence-corrected chi connectivity index (χ4v) is 2.49. The number of hydrazone groups is 1. The van der Waals surface area contributed by atoms with E-state index in [0.717, 1.165) is 28.5 Å². The van der Waals surface area contributed by atoms with Gasteiger partial charge in [-0.3, -0.25) is 4.79 Å². The Hall–Kier alpha value is -2.88. The Bertz CT molecular complexity index is 831. The number of fused-ring (bicyclic) bond motifs is 1. The average Bonchev–Trinajstić information content (AvgIpc) is 2.99. The lowest BCUT2D eigenvalue weighted by Gasteiger charge is -2.02. The van der Waals surface area contributed by atoms with Gasteiger partial charge in [0.05, 0.1) is 12.6 Å². The van der Waals surface area contributed by atoms with Gasteiger partial charge in [0.15, 0.2) is 0 Å². The van der Waals surface area contributed by atoms with Gasteiger partial charge in [-0.1, -0.05) is 49.4 Å². The first-order valence-corrected chi connectivity index (χ1v) is 7.72. The highest BCUT2D eigenvalue weighted by atomic mass is 16.2. The second kappa shape index (κ2) is 6.92. The van der Waals surface area contributed by atoms with Crippen molar-refractivity contribution in [3.63, 3.8) is 0 Å². The molecule has 1 amide bonds. The summed E-state index contributed by atoms with van der Waals surface area (Å²) in [5.41, 5.74) is 6.84. The molecule has 116 valence electrons. The number of para-hydroxylation sites is 1. The van der Waals surface area contributed by atoms with E-state index in [1.165, 1.54) is 5.56 Å². The van der Waals surface area contributed by atoms with E-state index >= 15 is 0 Å². The van der Waals surface area contributed by atoms with Crippen molar-refractivity contribution in [1.29, 1.82) is 0 Å². The quantitative estimate of drug-likeness (QED) is 0.551. The molecule has 0 aliphatic heterocycles. The summed E-state index contributed by atoms with van der Waals surface area (Å²) in [7, 11) is 0. The van der Waals surface area contributed by atoms with E-state index in [2.05, 4.69) is 34.6 Å². The van der Waals surface area contributed by atoms with Gasteiger partial charge in [-0.25, -0.2) is 5.43 Å². The Morgan fingerprint density at radius 2 is 1.87 bits per heavy atom. The molecule has 4 nitrogen and oxygen atoms in total. The van der Waals surface area contributed by atoms with Gasteiger partial charge in [-0.2, -0.15) is 5.10 Å². The number of rotatable bonds is 5.